The number of ketones is 2. The Hall–Kier alpha value is -0.740. The number of piperidine rings is 2. The second-order valence-electron chi connectivity index (χ2n) is 11.3. The van der Waals surface area contributed by atoms with Crippen LogP contribution < -0.4 is 0 Å². The summed E-state index contributed by atoms with van der Waals surface area (Å²) in [7, 11) is 4.86. The molecule has 0 aromatic rings. The first-order chi connectivity index (χ1) is 13.9. The van der Waals surface area contributed by atoms with Crippen molar-refractivity contribution in [1.82, 2.24) is 0 Å². The Kier molecular flexibility index (Phi) is 6.51. The lowest BCUT2D eigenvalue weighted by Gasteiger charge is -2.44. The Morgan fingerprint density at radius 2 is 0.828 bits per heavy atom. The third kappa shape index (κ3) is 4.35. The molecular formula is C25H44N2O2+2. The van der Waals surface area contributed by atoms with Crippen LogP contribution >= 0.6 is 0 Å². The fourth-order valence-electron chi connectivity index (χ4n) is 7.52. The van der Waals surface area contributed by atoms with Crippen molar-refractivity contribution in [2.24, 2.45) is 0 Å². The fourth-order valence-corrected chi connectivity index (χ4v) is 7.52. The summed E-state index contributed by atoms with van der Waals surface area (Å²) < 4.78 is 2.40. The zero-order chi connectivity index (χ0) is 20.5. The van der Waals surface area contributed by atoms with Gasteiger partial charge in [-0.25, -0.2) is 0 Å². The van der Waals surface area contributed by atoms with Crippen molar-refractivity contribution < 1.29 is 18.6 Å². The van der Waals surface area contributed by atoms with Crippen LogP contribution in [0.15, 0.2) is 0 Å². The Morgan fingerprint density at radius 1 is 0.552 bits per heavy atom. The van der Waals surface area contributed by atoms with Crippen molar-refractivity contribution in [3.63, 3.8) is 0 Å². The maximum absolute atomic E-state index is 11.9. The highest BCUT2D eigenvalue weighted by molar-refractivity contribution is 5.80. The van der Waals surface area contributed by atoms with Crippen molar-refractivity contribution in [1.29, 1.82) is 0 Å². The number of fused-ring (bicyclic) bond motifs is 4. The van der Waals surface area contributed by atoms with Gasteiger partial charge < -0.3 is 8.97 Å². The molecule has 4 heterocycles. The second-order valence-corrected chi connectivity index (χ2v) is 11.3. The smallest absolute Gasteiger partial charge is 0.144 e. The third-order valence-electron chi connectivity index (χ3n) is 9.64. The van der Waals surface area contributed by atoms with E-state index >= 15 is 0 Å². The van der Waals surface area contributed by atoms with Gasteiger partial charge in [-0.15, -0.1) is 0 Å². The molecular weight excluding hydrogens is 360 g/mol. The van der Waals surface area contributed by atoms with Crippen molar-refractivity contribution in [2.75, 3.05) is 27.2 Å². The van der Waals surface area contributed by atoms with E-state index in [0.29, 0.717) is 35.7 Å². The molecule has 164 valence electrons. The third-order valence-corrected chi connectivity index (χ3v) is 9.64. The largest absolute Gasteiger partial charge is 0.320 e. The molecule has 4 rings (SSSR count). The molecule has 4 aliphatic heterocycles. The van der Waals surface area contributed by atoms with Gasteiger partial charge in [0.2, 0.25) is 0 Å². The van der Waals surface area contributed by atoms with E-state index in [0.717, 1.165) is 25.7 Å². The Bertz CT molecular complexity index is 532. The molecule has 4 bridgehead atoms. The molecule has 0 radical (unpaired) electrons. The van der Waals surface area contributed by atoms with E-state index in [4.69, 9.17) is 0 Å². The van der Waals surface area contributed by atoms with Gasteiger partial charge in [0.05, 0.1) is 77.0 Å². The van der Waals surface area contributed by atoms with Gasteiger partial charge in [0.1, 0.15) is 11.6 Å². The summed E-state index contributed by atoms with van der Waals surface area (Å²) in [6.45, 7) is 2.58. The summed E-state index contributed by atoms with van der Waals surface area (Å²) in [5, 5.41) is 0. The van der Waals surface area contributed by atoms with E-state index in [2.05, 4.69) is 14.1 Å². The maximum Gasteiger partial charge on any atom is 0.144 e. The van der Waals surface area contributed by atoms with Crippen LogP contribution in [0.3, 0.4) is 0 Å². The Labute approximate surface area is 178 Å². The quantitative estimate of drug-likeness (QED) is 0.399. The van der Waals surface area contributed by atoms with Crippen LogP contribution in [-0.4, -0.2) is 71.9 Å². The monoisotopic (exact) mass is 404 g/mol. The normalized spacial score (nSPS) is 41.3. The van der Waals surface area contributed by atoms with Crippen molar-refractivity contribution in [2.45, 2.75) is 120 Å². The van der Waals surface area contributed by atoms with Gasteiger partial charge in [0.15, 0.2) is 0 Å². The minimum Gasteiger partial charge on any atom is -0.320 e. The standard InChI is InChI=1S/C25H44N2O2/c1-26(20-10-11-21(26)17-24(28)16-20)14-8-6-4-3-5-7-9-15-27(2)22-12-13-23(27)19-25(29)18-22/h20-23H,3-19H2,1-2H3/q+2/t20-,21+,22-,23+,26?,27?. The van der Waals surface area contributed by atoms with Gasteiger partial charge in [-0.1, -0.05) is 19.3 Å². The number of unbranched alkanes of at least 4 members (excludes halogenated alkanes) is 6. The summed E-state index contributed by atoms with van der Waals surface area (Å²) in [4.78, 5) is 23.7. The number of nitrogens with zero attached hydrogens (tertiary/aromatic N) is 2. The SMILES string of the molecule is C[N+]1(CCCCCCCCC[N+]2(C)[C@@H]3CC[C@H]2CC(=O)C3)[C@@H]2CC[C@H]1CC(=O)C2. The minimum atomic E-state index is 0.522. The molecule has 4 aliphatic rings. The van der Waals surface area contributed by atoms with Crippen molar-refractivity contribution in [3.05, 3.63) is 0 Å². The predicted molar refractivity (Wildman–Crippen MR) is 117 cm³/mol. The molecule has 0 aromatic heterocycles. The average molecular weight is 405 g/mol. The maximum atomic E-state index is 11.9. The van der Waals surface area contributed by atoms with Crippen molar-refractivity contribution in [3.8, 4) is 0 Å². The zero-order valence-corrected chi connectivity index (χ0v) is 19.0. The lowest BCUT2D eigenvalue weighted by Crippen LogP contribution is -2.58. The van der Waals surface area contributed by atoms with E-state index in [1.165, 1.54) is 92.7 Å². The fraction of sp³-hybridized carbons (Fsp3) is 0.920. The highest BCUT2D eigenvalue weighted by Crippen LogP contribution is 2.41. The topological polar surface area (TPSA) is 34.1 Å². The molecule has 0 N–H and O–H groups in total. The zero-order valence-electron chi connectivity index (χ0n) is 19.0. The molecule has 0 amide bonds. The minimum absolute atomic E-state index is 0.522. The van der Waals surface area contributed by atoms with Gasteiger partial charge in [-0.3, -0.25) is 9.59 Å². The number of Topliss-reactive ketones (excluding diaryl/α,β-unsaturated/α-hetero) is 2. The predicted octanol–water partition coefficient (Wildman–Crippen LogP) is 4.40. The molecule has 0 aromatic carbocycles. The number of carbonyl (C=O) groups excluding carboxylic acids is 2. The van der Waals surface area contributed by atoms with E-state index in [-0.39, 0.29) is 0 Å². The van der Waals surface area contributed by atoms with Gasteiger partial charge >= 0.3 is 0 Å². The summed E-state index contributed by atoms with van der Waals surface area (Å²) in [6, 6.07) is 2.52. The number of rotatable bonds is 10. The molecule has 4 heteroatoms. The Balaban J connectivity index is 1.06. The Morgan fingerprint density at radius 3 is 1.14 bits per heavy atom. The molecule has 4 fully saturated rings. The summed E-state index contributed by atoms with van der Waals surface area (Å²) in [6.07, 6.45) is 18.0. The summed E-state index contributed by atoms with van der Waals surface area (Å²) >= 11 is 0. The van der Waals surface area contributed by atoms with E-state index < -0.39 is 0 Å². The van der Waals surface area contributed by atoms with Crippen LogP contribution in [0.25, 0.3) is 0 Å². The van der Waals surface area contributed by atoms with Gasteiger partial charge in [0, 0.05) is 25.7 Å². The van der Waals surface area contributed by atoms with Crippen LogP contribution in [-0.2, 0) is 9.59 Å². The highest BCUT2D eigenvalue weighted by atomic mass is 16.1. The molecule has 29 heavy (non-hydrogen) atoms. The van der Waals surface area contributed by atoms with Gasteiger partial charge in [0.25, 0.3) is 0 Å². The lowest BCUT2D eigenvalue weighted by molar-refractivity contribution is -0.945. The van der Waals surface area contributed by atoms with Crippen LogP contribution in [0.5, 0.6) is 0 Å². The molecule has 0 saturated carbocycles. The lowest BCUT2D eigenvalue weighted by atomic mass is 9.97. The second kappa shape index (κ2) is 8.78. The van der Waals surface area contributed by atoms with E-state index in [1.807, 2.05) is 0 Å². The van der Waals surface area contributed by atoms with Crippen LogP contribution in [0.4, 0.5) is 0 Å². The number of carbonyl (C=O) groups is 2. The number of hydrogen-bond acceptors (Lipinski definition) is 2. The van der Waals surface area contributed by atoms with E-state index in [9.17, 15) is 9.59 Å². The molecule has 2 unspecified atom stereocenters. The van der Waals surface area contributed by atoms with Crippen LogP contribution in [0.2, 0.25) is 0 Å². The van der Waals surface area contributed by atoms with Gasteiger partial charge in [-0.05, 0) is 25.7 Å². The average Bonchev–Trinajstić information content (AvgIpc) is 2.95. The van der Waals surface area contributed by atoms with E-state index in [1.54, 1.807) is 0 Å². The van der Waals surface area contributed by atoms with Crippen LogP contribution in [0.1, 0.15) is 96.3 Å². The first kappa shape index (κ1) is 21.5. The summed E-state index contributed by atoms with van der Waals surface area (Å²) in [5.41, 5.74) is 0. The van der Waals surface area contributed by atoms with Crippen LogP contribution in [0, 0.1) is 0 Å². The molecule has 4 saturated heterocycles. The van der Waals surface area contributed by atoms with Crippen molar-refractivity contribution >= 4 is 11.6 Å². The summed E-state index contributed by atoms with van der Waals surface area (Å²) in [5.74, 6) is 1.04. The number of hydrogen-bond donors (Lipinski definition) is 0. The molecule has 6 atom stereocenters. The molecule has 4 nitrogen and oxygen atoms in total. The molecule has 0 spiro atoms. The van der Waals surface area contributed by atoms with Gasteiger partial charge in [-0.2, -0.15) is 0 Å². The first-order valence-corrected chi connectivity index (χ1v) is 12.6. The number of quaternary nitrogens is 2. The molecule has 0 aliphatic carbocycles. The highest BCUT2D eigenvalue weighted by Gasteiger charge is 2.51. The first-order valence-electron chi connectivity index (χ1n) is 12.6.